The molecule has 0 bridgehead atoms. The van der Waals surface area contributed by atoms with E-state index >= 15 is 0 Å². The summed E-state index contributed by atoms with van der Waals surface area (Å²) in [6.45, 7) is 0.287. The molecule has 0 aromatic heterocycles. The van der Waals surface area contributed by atoms with Crippen LogP contribution in [0.5, 0.6) is 0 Å². The molecule has 0 aliphatic heterocycles. The maximum atomic E-state index is 11.7. The molecule has 0 radical (unpaired) electrons. The average Bonchev–Trinajstić information content (AvgIpc) is 2.46. The molecule has 1 N–H and O–H groups in total. The lowest BCUT2D eigenvalue weighted by Crippen LogP contribution is -2.57. The number of benzene rings is 1. The first-order valence-electron chi connectivity index (χ1n) is 7.65. The number of nitrogens with one attached hydrogen (secondary N) is 1. The molecule has 0 heterocycles. The van der Waals surface area contributed by atoms with E-state index in [1.165, 1.54) is 7.11 Å². The highest BCUT2D eigenvalue weighted by Gasteiger charge is 2.55. The second-order valence-electron chi connectivity index (χ2n) is 6.44. The van der Waals surface area contributed by atoms with Crippen molar-refractivity contribution in [1.82, 2.24) is 5.32 Å². The molecule has 3 rings (SSSR count). The van der Waals surface area contributed by atoms with E-state index in [2.05, 4.69) is 5.32 Å². The normalized spacial score (nSPS) is 29.1. The summed E-state index contributed by atoms with van der Waals surface area (Å²) >= 11 is 0. The maximum absolute atomic E-state index is 11.7. The molecule has 5 heteroatoms. The van der Waals surface area contributed by atoms with E-state index in [0.29, 0.717) is 0 Å². The Morgan fingerprint density at radius 2 is 1.86 bits per heavy atom. The number of hydrogen-bond acceptors (Lipinski definition) is 4. The molecule has 1 aromatic rings. The molecule has 2 aliphatic rings. The summed E-state index contributed by atoms with van der Waals surface area (Å²) in [5.41, 5.74) is 1.22. The van der Waals surface area contributed by atoms with Gasteiger partial charge in [-0.3, -0.25) is 4.79 Å². The van der Waals surface area contributed by atoms with Crippen LogP contribution in [0.3, 0.4) is 0 Å². The summed E-state index contributed by atoms with van der Waals surface area (Å²) in [5.74, 6) is -0.0553. The van der Waals surface area contributed by atoms with Gasteiger partial charge >= 0.3 is 12.1 Å². The zero-order valence-electron chi connectivity index (χ0n) is 12.7. The van der Waals surface area contributed by atoms with E-state index < -0.39 is 0 Å². The number of rotatable bonds is 4. The van der Waals surface area contributed by atoms with Gasteiger partial charge in [-0.1, -0.05) is 30.3 Å². The number of carbonyl (C=O) groups excluding carboxylic acids is 2. The fraction of sp³-hybridized carbons (Fsp3) is 0.529. The van der Waals surface area contributed by atoms with Crippen LogP contribution >= 0.6 is 0 Å². The molecule has 2 aliphatic carbocycles. The number of hydrogen-bond donors (Lipinski definition) is 1. The molecular formula is C17H21NO4. The van der Waals surface area contributed by atoms with Gasteiger partial charge in [0.15, 0.2) is 0 Å². The van der Waals surface area contributed by atoms with Gasteiger partial charge in [0.05, 0.1) is 13.0 Å². The molecule has 1 spiro atoms. The van der Waals surface area contributed by atoms with Crippen LogP contribution in [0.1, 0.15) is 31.2 Å². The number of carbonyl (C=O) groups is 2. The van der Waals surface area contributed by atoms with Crippen LogP contribution in [0.25, 0.3) is 0 Å². The quantitative estimate of drug-likeness (QED) is 0.869. The van der Waals surface area contributed by atoms with Crippen LogP contribution in [0, 0.1) is 11.3 Å². The second kappa shape index (κ2) is 5.99. The predicted octanol–water partition coefficient (Wildman–Crippen LogP) is 2.64. The van der Waals surface area contributed by atoms with Gasteiger partial charge in [-0.05, 0) is 36.7 Å². The van der Waals surface area contributed by atoms with E-state index in [9.17, 15) is 9.59 Å². The highest BCUT2D eigenvalue weighted by Crippen LogP contribution is 2.58. The number of ether oxygens (including phenoxy) is 2. The Balaban J connectivity index is 1.35. The van der Waals surface area contributed by atoms with Gasteiger partial charge in [0.25, 0.3) is 0 Å². The van der Waals surface area contributed by atoms with Crippen molar-refractivity contribution in [1.29, 1.82) is 0 Å². The minimum absolute atomic E-state index is 0.0518. The Hall–Kier alpha value is -2.04. The first-order valence-corrected chi connectivity index (χ1v) is 7.65. The van der Waals surface area contributed by atoms with Crippen molar-refractivity contribution in [2.24, 2.45) is 11.3 Å². The largest absolute Gasteiger partial charge is 0.469 e. The number of methoxy groups -OCH3 is 1. The highest BCUT2D eigenvalue weighted by molar-refractivity contribution is 5.74. The van der Waals surface area contributed by atoms with Crippen LogP contribution in [-0.4, -0.2) is 25.2 Å². The minimum Gasteiger partial charge on any atom is -0.469 e. The summed E-state index contributed by atoms with van der Waals surface area (Å²) in [7, 11) is 1.43. The molecule has 22 heavy (non-hydrogen) atoms. The van der Waals surface area contributed by atoms with Crippen LogP contribution in [0.4, 0.5) is 4.79 Å². The molecule has 0 atom stereocenters. The molecule has 2 fully saturated rings. The zero-order valence-corrected chi connectivity index (χ0v) is 12.7. The molecule has 118 valence electrons. The minimum atomic E-state index is -0.368. The molecule has 1 amide bonds. The Morgan fingerprint density at radius 1 is 1.18 bits per heavy atom. The summed E-state index contributed by atoms with van der Waals surface area (Å²) in [6, 6.07) is 9.78. The Morgan fingerprint density at radius 3 is 2.50 bits per heavy atom. The second-order valence-corrected chi connectivity index (χ2v) is 6.44. The smallest absolute Gasteiger partial charge is 0.407 e. The number of amides is 1. The van der Waals surface area contributed by atoms with Crippen molar-refractivity contribution in [2.75, 3.05) is 7.11 Å². The molecule has 2 saturated carbocycles. The maximum Gasteiger partial charge on any atom is 0.407 e. The molecule has 5 nitrogen and oxygen atoms in total. The van der Waals surface area contributed by atoms with E-state index in [4.69, 9.17) is 9.47 Å². The van der Waals surface area contributed by atoms with Gasteiger partial charge in [-0.25, -0.2) is 4.79 Å². The SMILES string of the molecule is COC(=O)[C@H]1CC2(C[C@H](NC(=O)OCc3ccccc3)C2)C1. The number of alkyl carbamates (subject to hydrolysis) is 1. The third-order valence-electron chi connectivity index (χ3n) is 4.79. The van der Waals surface area contributed by atoms with Gasteiger partial charge in [0.1, 0.15) is 6.61 Å². The number of esters is 1. The monoisotopic (exact) mass is 303 g/mol. The van der Waals surface area contributed by atoms with Gasteiger partial charge in [0, 0.05) is 6.04 Å². The highest BCUT2D eigenvalue weighted by atomic mass is 16.5. The van der Waals surface area contributed by atoms with Crippen LogP contribution in [0.15, 0.2) is 30.3 Å². The van der Waals surface area contributed by atoms with E-state index in [1.807, 2.05) is 30.3 Å². The standard InChI is InChI=1S/C17H21NO4/c1-21-15(19)13-7-17(8-13)9-14(10-17)18-16(20)22-11-12-5-3-2-4-6-12/h2-6,13-14H,7-11H2,1H3,(H,18,20)/t13-,14-,17?. The topological polar surface area (TPSA) is 64.6 Å². The summed E-state index contributed by atoms with van der Waals surface area (Å²) in [4.78, 5) is 23.1. The van der Waals surface area contributed by atoms with Gasteiger partial charge in [0.2, 0.25) is 0 Å². The van der Waals surface area contributed by atoms with Gasteiger partial charge in [-0.15, -0.1) is 0 Å². The lowest BCUT2D eigenvalue weighted by Gasteiger charge is -2.56. The zero-order chi connectivity index (χ0) is 15.6. The molecule has 0 saturated heterocycles. The van der Waals surface area contributed by atoms with Crippen LogP contribution in [0.2, 0.25) is 0 Å². The molecule has 1 aromatic carbocycles. The van der Waals surface area contributed by atoms with Crippen molar-refractivity contribution in [3.63, 3.8) is 0 Å². The van der Waals surface area contributed by atoms with Gasteiger partial charge in [-0.2, -0.15) is 0 Å². The first kappa shape index (κ1) is 14.9. The van der Waals surface area contributed by atoms with E-state index in [-0.39, 0.29) is 36.0 Å². The van der Waals surface area contributed by atoms with Crippen LogP contribution in [-0.2, 0) is 20.9 Å². The third kappa shape index (κ3) is 3.08. The van der Waals surface area contributed by atoms with Crippen LogP contribution < -0.4 is 5.32 Å². The van der Waals surface area contributed by atoms with E-state index in [0.717, 1.165) is 31.2 Å². The lowest BCUT2D eigenvalue weighted by molar-refractivity contribution is -0.159. The summed E-state index contributed by atoms with van der Waals surface area (Å²) < 4.78 is 9.96. The predicted molar refractivity (Wildman–Crippen MR) is 80.0 cm³/mol. The van der Waals surface area contributed by atoms with Gasteiger partial charge < -0.3 is 14.8 Å². The summed E-state index contributed by atoms with van der Waals surface area (Å²) in [5, 5.41) is 2.89. The van der Waals surface area contributed by atoms with E-state index in [1.54, 1.807) is 0 Å². The lowest BCUT2D eigenvalue weighted by atomic mass is 9.50. The Kier molecular flexibility index (Phi) is 4.05. The first-order chi connectivity index (χ1) is 10.6. The van der Waals surface area contributed by atoms with Crippen molar-refractivity contribution in [3.8, 4) is 0 Å². The fourth-order valence-corrected chi connectivity index (χ4v) is 3.67. The van der Waals surface area contributed by atoms with Crippen molar-refractivity contribution in [3.05, 3.63) is 35.9 Å². The Bertz CT molecular complexity index is 543. The third-order valence-corrected chi connectivity index (χ3v) is 4.79. The van der Waals surface area contributed by atoms with Crippen molar-refractivity contribution in [2.45, 2.75) is 38.3 Å². The van der Waals surface area contributed by atoms with Crippen molar-refractivity contribution >= 4 is 12.1 Å². The molecular weight excluding hydrogens is 282 g/mol. The summed E-state index contributed by atoms with van der Waals surface area (Å²) in [6.07, 6.45) is 3.27. The average molecular weight is 303 g/mol. The molecule has 0 unspecified atom stereocenters. The van der Waals surface area contributed by atoms with Crippen molar-refractivity contribution < 1.29 is 19.1 Å². The Labute approximate surface area is 130 Å². The fourth-order valence-electron chi connectivity index (χ4n) is 3.67.